The van der Waals surface area contributed by atoms with Crippen LogP contribution < -0.4 is 10.9 Å². The quantitative estimate of drug-likeness (QED) is 0.186. The summed E-state index contributed by atoms with van der Waals surface area (Å²) in [4.78, 5) is 10.4. The molecule has 146 valence electrons. The van der Waals surface area contributed by atoms with Crippen LogP contribution in [0.5, 0.6) is 0 Å². The van der Waals surface area contributed by atoms with Gasteiger partial charge in [-0.25, -0.2) is 0 Å². The number of allylic oxidation sites excluding steroid dienone is 2. The summed E-state index contributed by atoms with van der Waals surface area (Å²) in [5.74, 6) is 0.519. The Hall–Kier alpha value is -2.43. The Labute approximate surface area is 159 Å². The van der Waals surface area contributed by atoms with E-state index in [1.54, 1.807) is 6.08 Å². The van der Waals surface area contributed by atoms with Crippen LogP contribution in [0.4, 0.5) is 0 Å². The molecule has 0 amide bonds. The van der Waals surface area contributed by atoms with Crippen LogP contribution >= 0.6 is 0 Å². The minimum absolute atomic E-state index is 0.519. The van der Waals surface area contributed by atoms with Crippen LogP contribution in [0, 0.1) is 11.8 Å². The molecule has 0 aliphatic rings. The van der Waals surface area contributed by atoms with Gasteiger partial charge in [-0.15, -0.1) is 4.91 Å². The monoisotopic (exact) mass is 360 g/mol. The average molecular weight is 361 g/mol. The van der Waals surface area contributed by atoms with E-state index in [-0.39, 0.29) is 0 Å². The third kappa shape index (κ3) is 12.9. The Morgan fingerprint density at radius 2 is 1.73 bits per heavy atom. The second-order valence-electron chi connectivity index (χ2n) is 4.99. The number of aryl methyl sites for hydroxylation is 2. The lowest BCUT2D eigenvalue weighted by molar-refractivity contribution is 0.737. The number of nitrogens with one attached hydrogen (secondary N) is 2. The smallest absolute Gasteiger partial charge is 0.146 e. The van der Waals surface area contributed by atoms with E-state index in [1.807, 2.05) is 40.7 Å². The number of benzene rings is 1. The maximum atomic E-state index is 10.4. The lowest BCUT2D eigenvalue weighted by Gasteiger charge is -2.11. The number of rotatable bonds is 9. The Balaban J connectivity index is 0. The summed E-state index contributed by atoms with van der Waals surface area (Å²) in [6, 6.07) is 8.44. The van der Waals surface area contributed by atoms with E-state index in [9.17, 15) is 4.91 Å². The Bertz CT molecular complexity index is 533. The van der Waals surface area contributed by atoms with Crippen LogP contribution in [0.1, 0.15) is 65.0 Å². The van der Waals surface area contributed by atoms with Crippen molar-refractivity contribution in [3.63, 3.8) is 0 Å². The van der Waals surface area contributed by atoms with E-state index in [0.29, 0.717) is 12.3 Å². The first-order chi connectivity index (χ1) is 12.7. The number of amidine groups is 1. The highest BCUT2D eigenvalue weighted by molar-refractivity contribution is 5.81. The fourth-order valence-corrected chi connectivity index (χ4v) is 1.95. The summed E-state index contributed by atoms with van der Waals surface area (Å²) in [7, 11) is 0. The second-order valence-corrected chi connectivity index (χ2v) is 4.99. The van der Waals surface area contributed by atoms with E-state index in [1.165, 1.54) is 11.1 Å². The molecule has 1 aromatic rings. The van der Waals surface area contributed by atoms with Crippen molar-refractivity contribution in [3.8, 4) is 0 Å². The van der Waals surface area contributed by atoms with Gasteiger partial charge in [-0.3, -0.25) is 5.43 Å². The molecule has 2 N–H and O–H groups in total. The fraction of sp³-hybridized carbons (Fsp3) is 0.476. The minimum atomic E-state index is 0.519. The zero-order valence-electron chi connectivity index (χ0n) is 17.3. The number of nitroso groups, excluding NO2 is 1. The van der Waals surface area contributed by atoms with Crippen molar-refractivity contribution in [3.05, 3.63) is 64.7 Å². The first kappa shape index (κ1) is 25.8. The van der Waals surface area contributed by atoms with E-state index < -0.39 is 0 Å². The van der Waals surface area contributed by atoms with Gasteiger partial charge in [0.2, 0.25) is 0 Å². The highest BCUT2D eigenvalue weighted by Crippen LogP contribution is 2.07. The first-order valence-corrected chi connectivity index (χ1v) is 9.49. The lowest BCUT2D eigenvalue weighted by atomic mass is 10.1. The average Bonchev–Trinajstić information content (AvgIpc) is 2.69. The van der Waals surface area contributed by atoms with Crippen LogP contribution in [0.25, 0.3) is 0 Å². The molecule has 0 atom stereocenters. The zero-order valence-corrected chi connectivity index (χ0v) is 17.3. The summed E-state index contributed by atoms with van der Waals surface area (Å²) in [6.07, 6.45) is 7.03. The van der Waals surface area contributed by atoms with Crippen LogP contribution in [-0.4, -0.2) is 5.84 Å². The van der Waals surface area contributed by atoms with Crippen LogP contribution in [0.15, 0.2) is 59.1 Å². The predicted molar refractivity (Wildman–Crippen MR) is 115 cm³/mol. The lowest BCUT2D eigenvalue weighted by Crippen LogP contribution is -2.36. The minimum Gasteiger partial charge on any atom is -0.300 e. The number of nitrogens with zero attached hydrogens (tertiary/aromatic N) is 2. The first-order valence-electron chi connectivity index (χ1n) is 9.49. The molecule has 0 saturated heterocycles. The predicted octanol–water partition coefficient (Wildman–Crippen LogP) is 6.02. The molecule has 0 aliphatic carbocycles. The molecule has 1 rings (SSSR count). The van der Waals surface area contributed by atoms with E-state index in [0.717, 1.165) is 25.0 Å². The largest absolute Gasteiger partial charge is 0.300 e. The molecule has 0 spiro atoms. The molecule has 0 bridgehead atoms. The molecule has 5 heteroatoms. The molecule has 5 nitrogen and oxygen atoms in total. The van der Waals surface area contributed by atoms with Crippen molar-refractivity contribution in [2.75, 3.05) is 0 Å². The number of hydrogen-bond donors (Lipinski definition) is 2. The summed E-state index contributed by atoms with van der Waals surface area (Å²) in [5.41, 5.74) is 9.26. The summed E-state index contributed by atoms with van der Waals surface area (Å²) >= 11 is 0. The summed E-state index contributed by atoms with van der Waals surface area (Å²) < 4.78 is 0. The highest BCUT2D eigenvalue weighted by Gasteiger charge is 2.01. The molecular weight excluding hydrogens is 324 g/mol. The van der Waals surface area contributed by atoms with Gasteiger partial charge in [0.05, 0.1) is 5.29 Å². The van der Waals surface area contributed by atoms with Crippen LogP contribution in [0.3, 0.4) is 0 Å². The Morgan fingerprint density at radius 3 is 2.23 bits per heavy atom. The van der Waals surface area contributed by atoms with E-state index in [2.05, 4.69) is 59.0 Å². The third-order valence-corrected chi connectivity index (χ3v) is 3.16. The number of hydrazine groups is 1. The van der Waals surface area contributed by atoms with Crippen molar-refractivity contribution >= 4 is 5.84 Å². The fourth-order valence-electron chi connectivity index (χ4n) is 1.95. The van der Waals surface area contributed by atoms with Crippen LogP contribution in [-0.2, 0) is 6.42 Å². The maximum Gasteiger partial charge on any atom is 0.146 e. The maximum absolute atomic E-state index is 10.4. The van der Waals surface area contributed by atoms with Crippen molar-refractivity contribution in [2.24, 2.45) is 10.4 Å². The summed E-state index contributed by atoms with van der Waals surface area (Å²) in [6.45, 7) is 15.8. The molecule has 26 heavy (non-hydrogen) atoms. The van der Waals surface area contributed by atoms with Crippen molar-refractivity contribution in [1.82, 2.24) is 10.9 Å². The Morgan fingerprint density at radius 1 is 1.12 bits per heavy atom. The van der Waals surface area contributed by atoms with Gasteiger partial charge in [-0.2, -0.15) is 0 Å². The van der Waals surface area contributed by atoms with Gasteiger partial charge in [-0.05, 0) is 37.8 Å². The molecule has 0 aliphatic heterocycles. The molecule has 0 saturated carbocycles. The molecule has 0 heterocycles. The Kier molecular flexibility index (Phi) is 18.8. The zero-order chi connectivity index (χ0) is 20.2. The van der Waals surface area contributed by atoms with Crippen molar-refractivity contribution in [2.45, 2.75) is 67.2 Å². The molecular formula is C21H36N4O. The van der Waals surface area contributed by atoms with Gasteiger partial charge in [0, 0.05) is 12.1 Å². The SMILES string of the molecule is C=C/C(=C\CC)NN/C(CCCc1ccc(C)cc1)=N/N=O.CC.CC. The van der Waals surface area contributed by atoms with E-state index >= 15 is 0 Å². The highest BCUT2D eigenvalue weighted by atomic mass is 16.3. The summed E-state index contributed by atoms with van der Waals surface area (Å²) in [5, 5.41) is 6.20. The van der Waals surface area contributed by atoms with Gasteiger partial charge in [-0.1, -0.05) is 82.2 Å². The molecule has 0 radical (unpaired) electrons. The molecule has 0 unspecified atom stereocenters. The van der Waals surface area contributed by atoms with Gasteiger partial charge in [0.25, 0.3) is 0 Å². The normalized spacial score (nSPS) is 10.5. The number of hydrogen-bond acceptors (Lipinski definition) is 3. The molecule has 1 aromatic carbocycles. The van der Waals surface area contributed by atoms with Gasteiger partial charge in [0.1, 0.15) is 5.84 Å². The van der Waals surface area contributed by atoms with Crippen molar-refractivity contribution in [1.29, 1.82) is 0 Å². The van der Waals surface area contributed by atoms with Gasteiger partial charge >= 0.3 is 0 Å². The van der Waals surface area contributed by atoms with Gasteiger partial charge < -0.3 is 5.43 Å². The van der Waals surface area contributed by atoms with Crippen molar-refractivity contribution < 1.29 is 0 Å². The second kappa shape index (κ2) is 18.9. The van der Waals surface area contributed by atoms with Crippen LogP contribution in [0.2, 0.25) is 0 Å². The van der Waals surface area contributed by atoms with Gasteiger partial charge in [0.15, 0.2) is 0 Å². The molecule has 0 fully saturated rings. The molecule has 0 aromatic heterocycles. The topological polar surface area (TPSA) is 65.8 Å². The third-order valence-electron chi connectivity index (χ3n) is 3.16. The van der Waals surface area contributed by atoms with E-state index in [4.69, 9.17) is 0 Å². The standard InChI is InChI=1S/C17H24N4O.2C2H6/c1-4-7-16(5-2)18-19-17(20-21-22)9-6-8-15-12-10-14(3)11-13-15;2*1-2/h5,7,10-13,18H,2,4,6,8-9H2,1,3H3,(H,19,20,22);2*1-2H3/b16-7+;;.